The molecule has 0 bridgehead atoms. The number of hydrogen-bond acceptors (Lipinski definition) is 7. The van der Waals surface area contributed by atoms with Crippen molar-refractivity contribution in [3.63, 3.8) is 0 Å². The van der Waals surface area contributed by atoms with Crippen molar-refractivity contribution in [3.8, 4) is 0 Å². The van der Waals surface area contributed by atoms with Crippen LogP contribution in [0.25, 0.3) is 11.1 Å². The van der Waals surface area contributed by atoms with Crippen LogP contribution in [0.2, 0.25) is 0 Å². The molecule has 1 atom stereocenters. The first-order valence-corrected chi connectivity index (χ1v) is 7.31. The number of oxazole rings is 1. The van der Waals surface area contributed by atoms with Gasteiger partial charge in [-0.15, -0.1) is 0 Å². The number of hydrogen-bond donors (Lipinski definition) is 2. The Bertz CT molecular complexity index is 626. The number of nitrogens with zero attached hydrogens (tertiary/aromatic N) is 2. The SMILES string of the molecule is CSCC(C)(O)CNc1nc2ccc([N+](=O)[O-])cc2o1. The Morgan fingerprint density at radius 1 is 1.60 bits per heavy atom. The minimum absolute atomic E-state index is 0.0467. The van der Waals surface area contributed by atoms with Crippen LogP contribution < -0.4 is 5.32 Å². The largest absolute Gasteiger partial charge is 0.423 e. The van der Waals surface area contributed by atoms with E-state index in [-0.39, 0.29) is 18.2 Å². The Labute approximate surface area is 119 Å². The highest BCUT2D eigenvalue weighted by Crippen LogP contribution is 2.24. The molecule has 0 aliphatic heterocycles. The third-order valence-corrected chi connectivity index (χ3v) is 3.57. The Morgan fingerprint density at radius 2 is 2.35 bits per heavy atom. The smallest absolute Gasteiger partial charge is 0.295 e. The second-order valence-corrected chi connectivity index (χ2v) is 5.58. The summed E-state index contributed by atoms with van der Waals surface area (Å²) in [5.41, 5.74) is -0.0603. The van der Waals surface area contributed by atoms with Gasteiger partial charge < -0.3 is 14.8 Å². The molecule has 0 aliphatic rings. The summed E-state index contributed by atoms with van der Waals surface area (Å²) in [6.45, 7) is 1.99. The van der Waals surface area contributed by atoms with E-state index in [0.29, 0.717) is 16.9 Å². The zero-order valence-corrected chi connectivity index (χ0v) is 11.9. The standard InChI is InChI=1S/C12H15N3O4S/c1-12(16,7-20-2)6-13-11-14-9-4-3-8(15(17)18)5-10(9)19-11/h3-5,16H,6-7H2,1-2H3,(H,13,14). The fourth-order valence-corrected chi connectivity index (χ4v) is 2.45. The lowest BCUT2D eigenvalue weighted by atomic mass is 10.1. The number of nitro benzene ring substituents is 1. The molecule has 2 N–H and O–H groups in total. The summed E-state index contributed by atoms with van der Waals surface area (Å²) in [6.07, 6.45) is 1.91. The summed E-state index contributed by atoms with van der Waals surface area (Å²) >= 11 is 1.54. The van der Waals surface area contributed by atoms with E-state index in [1.807, 2.05) is 6.26 Å². The molecule has 2 aromatic rings. The summed E-state index contributed by atoms with van der Waals surface area (Å²) in [7, 11) is 0. The van der Waals surface area contributed by atoms with E-state index >= 15 is 0 Å². The van der Waals surface area contributed by atoms with Crippen molar-refractivity contribution in [2.45, 2.75) is 12.5 Å². The van der Waals surface area contributed by atoms with Crippen LogP contribution in [0, 0.1) is 10.1 Å². The van der Waals surface area contributed by atoms with Crippen LogP contribution in [0.15, 0.2) is 22.6 Å². The topological polar surface area (TPSA) is 101 Å². The molecule has 1 heterocycles. The molecule has 0 spiro atoms. The molecule has 1 aromatic carbocycles. The van der Waals surface area contributed by atoms with Crippen molar-refractivity contribution < 1.29 is 14.4 Å². The van der Waals surface area contributed by atoms with Gasteiger partial charge in [-0.3, -0.25) is 10.1 Å². The van der Waals surface area contributed by atoms with Crippen molar-refractivity contribution in [2.24, 2.45) is 0 Å². The fraction of sp³-hybridized carbons (Fsp3) is 0.417. The summed E-state index contributed by atoms with van der Waals surface area (Å²) in [5, 5.41) is 23.6. The monoisotopic (exact) mass is 297 g/mol. The van der Waals surface area contributed by atoms with Gasteiger partial charge in [-0.2, -0.15) is 16.7 Å². The number of aromatic nitrogens is 1. The van der Waals surface area contributed by atoms with Gasteiger partial charge in [0, 0.05) is 18.4 Å². The van der Waals surface area contributed by atoms with E-state index in [1.165, 1.54) is 30.0 Å². The van der Waals surface area contributed by atoms with Crippen LogP contribution in [-0.2, 0) is 0 Å². The zero-order valence-electron chi connectivity index (χ0n) is 11.1. The quantitative estimate of drug-likeness (QED) is 0.623. The van der Waals surface area contributed by atoms with E-state index in [1.54, 1.807) is 6.92 Å². The predicted molar refractivity (Wildman–Crippen MR) is 78.2 cm³/mol. The molecule has 0 saturated heterocycles. The van der Waals surface area contributed by atoms with E-state index in [4.69, 9.17) is 4.42 Å². The second kappa shape index (κ2) is 5.68. The minimum atomic E-state index is -0.883. The summed E-state index contributed by atoms with van der Waals surface area (Å²) in [6, 6.07) is 4.47. The molecule has 1 aromatic heterocycles. The van der Waals surface area contributed by atoms with Crippen LogP contribution in [0.3, 0.4) is 0 Å². The first-order chi connectivity index (χ1) is 9.41. The fourth-order valence-electron chi connectivity index (χ4n) is 1.73. The number of benzene rings is 1. The van der Waals surface area contributed by atoms with E-state index in [2.05, 4.69) is 10.3 Å². The highest BCUT2D eigenvalue weighted by atomic mass is 32.2. The van der Waals surface area contributed by atoms with Crippen molar-refractivity contribution in [3.05, 3.63) is 28.3 Å². The molecule has 1 unspecified atom stereocenters. The number of non-ortho nitro benzene ring substituents is 1. The van der Waals surface area contributed by atoms with Gasteiger partial charge in [-0.25, -0.2) is 0 Å². The maximum Gasteiger partial charge on any atom is 0.295 e. The molecular weight excluding hydrogens is 282 g/mol. The summed E-state index contributed by atoms with van der Waals surface area (Å²) in [4.78, 5) is 14.3. The maximum absolute atomic E-state index is 10.7. The number of nitrogens with one attached hydrogen (secondary N) is 1. The van der Waals surface area contributed by atoms with E-state index in [9.17, 15) is 15.2 Å². The zero-order chi connectivity index (χ0) is 14.8. The average molecular weight is 297 g/mol. The summed E-state index contributed by atoms with van der Waals surface area (Å²) < 4.78 is 5.39. The lowest BCUT2D eigenvalue weighted by Gasteiger charge is -2.21. The molecule has 8 heteroatoms. The van der Waals surface area contributed by atoms with Crippen LogP contribution in [0.4, 0.5) is 11.7 Å². The Kier molecular flexibility index (Phi) is 4.15. The number of nitro groups is 1. The summed E-state index contributed by atoms with van der Waals surface area (Å²) in [5.74, 6) is 0.575. The highest BCUT2D eigenvalue weighted by Gasteiger charge is 2.20. The predicted octanol–water partition coefficient (Wildman–Crippen LogP) is 2.26. The third kappa shape index (κ3) is 3.40. The molecule has 7 nitrogen and oxygen atoms in total. The first kappa shape index (κ1) is 14.6. The van der Waals surface area contributed by atoms with Gasteiger partial charge in [0.15, 0.2) is 5.58 Å². The molecule has 0 amide bonds. The number of rotatable bonds is 6. The van der Waals surface area contributed by atoms with Crippen LogP contribution in [0.5, 0.6) is 0 Å². The van der Waals surface area contributed by atoms with Crippen LogP contribution in [0.1, 0.15) is 6.92 Å². The van der Waals surface area contributed by atoms with Gasteiger partial charge in [0.1, 0.15) is 5.52 Å². The lowest BCUT2D eigenvalue weighted by Crippen LogP contribution is -2.36. The molecule has 0 aliphatic carbocycles. The van der Waals surface area contributed by atoms with Gasteiger partial charge in [-0.05, 0) is 19.2 Å². The Hall–Kier alpha value is -1.80. The highest BCUT2D eigenvalue weighted by molar-refractivity contribution is 7.98. The number of thioether (sulfide) groups is 1. The van der Waals surface area contributed by atoms with E-state index in [0.717, 1.165) is 0 Å². The molecule has 2 rings (SSSR count). The van der Waals surface area contributed by atoms with Crippen LogP contribution in [-0.4, -0.2) is 39.2 Å². The Balaban J connectivity index is 2.14. The normalized spacial score (nSPS) is 14.2. The molecule has 0 radical (unpaired) electrons. The average Bonchev–Trinajstić information content (AvgIpc) is 2.78. The first-order valence-electron chi connectivity index (χ1n) is 5.91. The molecule has 108 valence electrons. The van der Waals surface area contributed by atoms with E-state index < -0.39 is 10.5 Å². The van der Waals surface area contributed by atoms with Crippen molar-refractivity contribution >= 4 is 34.6 Å². The molecule has 20 heavy (non-hydrogen) atoms. The number of fused-ring (bicyclic) bond motifs is 1. The van der Waals surface area contributed by atoms with Crippen molar-refractivity contribution in [2.75, 3.05) is 23.9 Å². The van der Waals surface area contributed by atoms with Gasteiger partial charge in [0.05, 0.1) is 16.6 Å². The van der Waals surface area contributed by atoms with Gasteiger partial charge in [-0.1, -0.05) is 0 Å². The minimum Gasteiger partial charge on any atom is -0.423 e. The van der Waals surface area contributed by atoms with Crippen LogP contribution >= 0.6 is 11.8 Å². The molecule has 0 saturated carbocycles. The van der Waals surface area contributed by atoms with Gasteiger partial charge in [0.25, 0.3) is 11.7 Å². The van der Waals surface area contributed by atoms with Crippen molar-refractivity contribution in [1.29, 1.82) is 0 Å². The van der Waals surface area contributed by atoms with Crippen molar-refractivity contribution in [1.82, 2.24) is 4.98 Å². The number of aliphatic hydroxyl groups is 1. The van der Waals surface area contributed by atoms with Gasteiger partial charge in [0.2, 0.25) is 0 Å². The second-order valence-electron chi connectivity index (χ2n) is 4.71. The van der Waals surface area contributed by atoms with Gasteiger partial charge >= 0.3 is 0 Å². The lowest BCUT2D eigenvalue weighted by molar-refractivity contribution is -0.384. The Morgan fingerprint density at radius 3 is 3.00 bits per heavy atom. The molecular formula is C12H15N3O4S. The molecule has 0 fully saturated rings. The number of anilines is 1. The third-order valence-electron chi connectivity index (χ3n) is 2.66. The maximum atomic E-state index is 10.7.